The Kier molecular flexibility index (Phi) is 4.67. The van der Waals surface area contributed by atoms with Gasteiger partial charge in [-0.2, -0.15) is 0 Å². The highest BCUT2D eigenvalue weighted by Crippen LogP contribution is 2.17. The first-order valence-corrected chi connectivity index (χ1v) is 6.11. The molecule has 0 unspecified atom stereocenters. The predicted molar refractivity (Wildman–Crippen MR) is 75.9 cm³/mol. The molecule has 0 atom stereocenters. The van der Waals surface area contributed by atoms with E-state index in [4.69, 9.17) is 5.73 Å². The van der Waals surface area contributed by atoms with Gasteiger partial charge in [0, 0.05) is 31.9 Å². The van der Waals surface area contributed by atoms with E-state index < -0.39 is 5.41 Å². The molecule has 0 aromatic heterocycles. The molecular weight excluding hydrogens is 242 g/mol. The van der Waals surface area contributed by atoms with E-state index in [-0.39, 0.29) is 18.4 Å². The van der Waals surface area contributed by atoms with Crippen LogP contribution in [0, 0.1) is 5.41 Å². The van der Waals surface area contributed by atoms with Crippen molar-refractivity contribution in [1.82, 2.24) is 4.90 Å². The van der Waals surface area contributed by atoms with Crippen LogP contribution < -0.4 is 11.1 Å². The second-order valence-corrected chi connectivity index (χ2v) is 5.32. The van der Waals surface area contributed by atoms with Crippen LogP contribution >= 0.6 is 0 Å². The van der Waals surface area contributed by atoms with Crippen molar-refractivity contribution in [2.24, 2.45) is 11.1 Å². The van der Waals surface area contributed by atoms with Gasteiger partial charge in [0.1, 0.15) is 0 Å². The second-order valence-electron chi connectivity index (χ2n) is 5.32. The average molecular weight is 263 g/mol. The number of nitrogens with zero attached hydrogens (tertiary/aromatic N) is 1. The molecule has 3 N–H and O–H groups in total. The summed E-state index contributed by atoms with van der Waals surface area (Å²) in [7, 11) is 3.39. The van der Waals surface area contributed by atoms with Crippen LogP contribution in [0.3, 0.4) is 0 Å². The zero-order valence-corrected chi connectivity index (χ0v) is 11.9. The van der Waals surface area contributed by atoms with Crippen molar-refractivity contribution < 1.29 is 9.59 Å². The van der Waals surface area contributed by atoms with Crippen molar-refractivity contribution >= 4 is 17.5 Å². The number of carbonyl (C=O) groups excluding carboxylic acids is 2. The Morgan fingerprint density at radius 3 is 2.16 bits per heavy atom. The van der Waals surface area contributed by atoms with E-state index in [2.05, 4.69) is 5.32 Å². The van der Waals surface area contributed by atoms with Gasteiger partial charge in [0.15, 0.2) is 0 Å². The number of anilines is 1. The van der Waals surface area contributed by atoms with E-state index in [1.54, 1.807) is 52.2 Å². The van der Waals surface area contributed by atoms with Gasteiger partial charge < -0.3 is 16.0 Å². The summed E-state index contributed by atoms with van der Waals surface area (Å²) < 4.78 is 0. The number of nitrogens with two attached hydrogens (primary N) is 1. The summed E-state index contributed by atoms with van der Waals surface area (Å²) in [6.45, 7) is 3.84. The topological polar surface area (TPSA) is 75.4 Å². The number of hydrogen-bond donors (Lipinski definition) is 2. The summed E-state index contributed by atoms with van der Waals surface area (Å²) >= 11 is 0. The number of nitrogens with one attached hydrogen (secondary N) is 1. The van der Waals surface area contributed by atoms with Crippen LogP contribution in [0.15, 0.2) is 24.3 Å². The molecule has 0 bridgehead atoms. The maximum Gasteiger partial charge on any atom is 0.253 e. The van der Waals surface area contributed by atoms with E-state index in [9.17, 15) is 9.59 Å². The lowest BCUT2D eigenvalue weighted by atomic mass is 9.92. The van der Waals surface area contributed by atoms with E-state index >= 15 is 0 Å². The summed E-state index contributed by atoms with van der Waals surface area (Å²) in [5, 5.41) is 2.78. The highest BCUT2D eigenvalue weighted by atomic mass is 16.2. The normalized spacial score (nSPS) is 11.0. The minimum atomic E-state index is -0.613. The third-order valence-corrected chi connectivity index (χ3v) is 2.92. The molecule has 0 spiro atoms. The molecule has 0 fully saturated rings. The minimum Gasteiger partial charge on any atom is -0.345 e. The molecule has 19 heavy (non-hydrogen) atoms. The highest BCUT2D eigenvalue weighted by molar-refractivity contribution is 5.97. The fourth-order valence-electron chi connectivity index (χ4n) is 1.35. The van der Waals surface area contributed by atoms with Gasteiger partial charge in [-0.1, -0.05) is 0 Å². The van der Waals surface area contributed by atoms with Crippen molar-refractivity contribution in [3.8, 4) is 0 Å². The molecule has 104 valence electrons. The molecule has 5 nitrogen and oxygen atoms in total. The van der Waals surface area contributed by atoms with E-state index in [1.807, 2.05) is 0 Å². The predicted octanol–water partition coefficient (Wildman–Crippen LogP) is 1.31. The molecule has 0 saturated carbocycles. The van der Waals surface area contributed by atoms with Crippen LogP contribution in [0.1, 0.15) is 24.2 Å². The van der Waals surface area contributed by atoms with Crippen LogP contribution in [-0.4, -0.2) is 37.4 Å². The lowest BCUT2D eigenvalue weighted by Crippen LogP contribution is -2.37. The number of benzene rings is 1. The van der Waals surface area contributed by atoms with Crippen LogP contribution in [0.2, 0.25) is 0 Å². The minimum absolute atomic E-state index is 0.0693. The molecule has 0 heterocycles. The lowest BCUT2D eigenvalue weighted by molar-refractivity contribution is -0.123. The number of amides is 2. The quantitative estimate of drug-likeness (QED) is 0.860. The number of hydrogen-bond acceptors (Lipinski definition) is 3. The summed E-state index contributed by atoms with van der Waals surface area (Å²) in [6.07, 6.45) is 0. The fraction of sp³-hybridized carbons (Fsp3) is 0.429. The third-order valence-electron chi connectivity index (χ3n) is 2.92. The Balaban J connectivity index is 2.78. The smallest absolute Gasteiger partial charge is 0.253 e. The van der Waals surface area contributed by atoms with E-state index in [0.29, 0.717) is 11.3 Å². The summed E-state index contributed by atoms with van der Waals surface area (Å²) in [5.74, 6) is -0.207. The van der Waals surface area contributed by atoms with Crippen LogP contribution in [0.4, 0.5) is 5.69 Å². The molecule has 0 saturated heterocycles. The first kappa shape index (κ1) is 15.2. The molecule has 0 radical (unpaired) electrons. The molecule has 1 aromatic carbocycles. The van der Waals surface area contributed by atoms with Crippen LogP contribution in [-0.2, 0) is 4.79 Å². The Bertz CT molecular complexity index is 464. The average Bonchev–Trinajstić information content (AvgIpc) is 2.38. The maximum atomic E-state index is 11.9. The van der Waals surface area contributed by atoms with Gasteiger partial charge in [0.25, 0.3) is 5.91 Å². The van der Waals surface area contributed by atoms with Gasteiger partial charge in [-0.25, -0.2) is 0 Å². The number of rotatable bonds is 4. The van der Waals surface area contributed by atoms with Crippen molar-refractivity contribution in [3.05, 3.63) is 29.8 Å². The SMILES string of the molecule is CN(C)C(=O)c1ccc(NC(=O)C(C)(C)CN)cc1. The molecular formula is C14H21N3O2. The van der Waals surface area contributed by atoms with Gasteiger partial charge >= 0.3 is 0 Å². The van der Waals surface area contributed by atoms with E-state index in [1.165, 1.54) is 4.90 Å². The molecule has 0 aliphatic carbocycles. The van der Waals surface area contributed by atoms with Gasteiger partial charge in [0.2, 0.25) is 5.91 Å². The van der Waals surface area contributed by atoms with Crippen molar-refractivity contribution in [2.75, 3.05) is 26.0 Å². The molecule has 5 heteroatoms. The molecule has 0 aliphatic heterocycles. The molecule has 2 amide bonds. The molecule has 1 rings (SSSR count). The maximum absolute atomic E-state index is 11.9. The Hall–Kier alpha value is -1.88. The van der Waals surface area contributed by atoms with Gasteiger partial charge in [-0.3, -0.25) is 9.59 Å². The summed E-state index contributed by atoms with van der Waals surface area (Å²) in [4.78, 5) is 25.1. The number of carbonyl (C=O) groups is 2. The highest BCUT2D eigenvalue weighted by Gasteiger charge is 2.25. The van der Waals surface area contributed by atoms with Gasteiger partial charge in [0.05, 0.1) is 5.41 Å². The summed E-state index contributed by atoms with van der Waals surface area (Å²) in [5.41, 5.74) is 6.17. The second kappa shape index (κ2) is 5.84. The molecule has 1 aromatic rings. The molecule has 0 aliphatic rings. The standard InChI is InChI=1S/C14H21N3O2/c1-14(2,9-15)13(19)16-11-7-5-10(6-8-11)12(18)17(3)4/h5-8H,9,15H2,1-4H3,(H,16,19). The largest absolute Gasteiger partial charge is 0.345 e. The van der Waals surface area contributed by atoms with Crippen LogP contribution in [0.5, 0.6) is 0 Å². The third kappa shape index (κ3) is 3.79. The fourth-order valence-corrected chi connectivity index (χ4v) is 1.35. The Morgan fingerprint density at radius 1 is 1.21 bits per heavy atom. The van der Waals surface area contributed by atoms with Crippen molar-refractivity contribution in [1.29, 1.82) is 0 Å². The van der Waals surface area contributed by atoms with Crippen molar-refractivity contribution in [3.63, 3.8) is 0 Å². The summed E-state index contributed by atoms with van der Waals surface area (Å²) in [6, 6.07) is 6.79. The Labute approximate surface area is 113 Å². The Morgan fingerprint density at radius 2 is 1.74 bits per heavy atom. The first-order chi connectivity index (χ1) is 8.77. The van der Waals surface area contributed by atoms with Gasteiger partial charge in [-0.05, 0) is 38.1 Å². The first-order valence-electron chi connectivity index (χ1n) is 6.11. The monoisotopic (exact) mass is 263 g/mol. The zero-order valence-electron chi connectivity index (χ0n) is 11.9. The van der Waals surface area contributed by atoms with Gasteiger partial charge in [-0.15, -0.1) is 0 Å². The lowest BCUT2D eigenvalue weighted by Gasteiger charge is -2.21. The zero-order chi connectivity index (χ0) is 14.6. The van der Waals surface area contributed by atoms with Crippen LogP contribution in [0.25, 0.3) is 0 Å². The van der Waals surface area contributed by atoms with E-state index in [0.717, 1.165) is 0 Å². The van der Waals surface area contributed by atoms with Crippen molar-refractivity contribution in [2.45, 2.75) is 13.8 Å².